The zero-order chi connectivity index (χ0) is 39.3. The number of allylic oxidation sites excluding steroid dienone is 9. The molecule has 0 amide bonds. The molecule has 0 spiro atoms. The summed E-state index contributed by atoms with van der Waals surface area (Å²) in [4.78, 5) is 60.2. The predicted molar refractivity (Wildman–Crippen MR) is 195 cm³/mol. The highest BCUT2D eigenvalue weighted by atomic mass is 16.7. The second-order valence-corrected chi connectivity index (χ2v) is 13.9. The minimum Gasteiger partial charge on any atom is -0.463 e. The molecule has 0 radical (unpaired) electrons. The maximum Gasteiger partial charge on any atom is 0.331 e. The van der Waals surface area contributed by atoms with E-state index in [9.17, 15) is 24.0 Å². The van der Waals surface area contributed by atoms with Crippen molar-refractivity contribution in [3.63, 3.8) is 0 Å². The Morgan fingerprint density at radius 1 is 0.792 bits per heavy atom. The maximum absolute atomic E-state index is 12.5. The van der Waals surface area contributed by atoms with Crippen LogP contribution in [0.25, 0.3) is 0 Å². The zero-order valence-electron chi connectivity index (χ0n) is 32.1. The van der Waals surface area contributed by atoms with E-state index in [1.54, 1.807) is 24.3 Å². The zero-order valence-corrected chi connectivity index (χ0v) is 32.1. The van der Waals surface area contributed by atoms with Gasteiger partial charge in [0, 0.05) is 33.8 Å². The highest BCUT2D eigenvalue weighted by Gasteiger charge is 2.53. The third-order valence-electron chi connectivity index (χ3n) is 8.62. The lowest BCUT2D eigenvalue weighted by molar-refractivity contribution is -0.288. The van der Waals surface area contributed by atoms with E-state index in [0.717, 1.165) is 38.3 Å². The van der Waals surface area contributed by atoms with Gasteiger partial charge < -0.3 is 33.2 Å². The third-order valence-corrected chi connectivity index (χ3v) is 8.62. The molecule has 12 nitrogen and oxygen atoms in total. The van der Waals surface area contributed by atoms with Crippen LogP contribution in [0, 0.1) is 5.41 Å². The summed E-state index contributed by atoms with van der Waals surface area (Å²) in [6.45, 7) is 14.9. The van der Waals surface area contributed by atoms with E-state index >= 15 is 0 Å². The Morgan fingerprint density at radius 3 is 2.02 bits per heavy atom. The molecule has 1 fully saturated rings. The van der Waals surface area contributed by atoms with Gasteiger partial charge in [0.05, 0.1) is 0 Å². The van der Waals surface area contributed by atoms with Crippen LogP contribution in [0.2, 0.25) is 0 Å². The first-order chi connectivity index (χ1) is 24.9. The third kappa shape index (κ3) is 13.8. The van der Waals surface area contributed by atoms with Gasteiger partial charge in [-0.25, -0.2) is 4.79 Å². The van der Waals surface area contributed by atoms with Crippen LogP contribution in [-0.4, -0.2) is 67.2 Å². The number of carbonyl (C=O) groups is 5. The number of benzene rings is 1. The molecule has 2 aliphatic rings. The van der Waals surface area contributed by atoms with Crippen LogP contribution < -0.4 is 4.74 Å². The van der Waals surface area contributed by atoms with Crippen molar-refractivity contribution < 1.29 is 57.1 Å². The van der Waals surface area contributed by atoms with Gasteiger partial charge in [0.1, 0.15) is 25.1 Å². The number of hydrogen-bond acceptors (Lipinski definition) is 12. The fourth-order valence-electron chi connectivity index (χ4n) is 6.14. The van der Waals surface area contributed by atoms with Crippen LogP contribution in [0.4, 0.5) is 0 Å². The van der Waals surface area contributed by atoms with Crippen molar-refractivity contribution in [3.8, 4) is 5.75 Å². The molecule has 12 heteroatoms. The molecule has 1 aliphatic heterocycles. The van der Waals surface area contributed by atoms with Gasteiger partial charge in [-0.3, -0.25) is 19.2 Å². The number of esters is 5. The van der Waals surface area contributed by atoms with Gasteiger partial charge in [-0.05, 0) is 74.3 Å². The molecule has 288 valence electrons. The average molecular weight is 737 g/mol. The molecule has 1 aromatic carbocycles. The molecular formula is C41H52O12. The Labute approximate surface area is 311 Å². The lowest BCUT2D eigenvalue weighted by Crippen LogP contribution is -2.63. The molecular weight excluding hydrogens is 684 g/mol. The highest BCUT2D eigenvalue weighted by molar-refractivity contribution is 5.83. The van der Waals surface area contributed by atoms with E-state index in [4.69, 9.17) is 33.2 Å². The van der Waals surface area contributed by atoms with Crippen LogP contribution in [0.5, 0.6) is 5.75 Å². The fourth-order valence-corrected chi connectivity index (χ4v) is 6.14. The summed E-state index contributed by atoms with van der Waals surface area (Å²) in [5.74, 6) is -3.11. The molecule has 1 saturated heterocycles. The summed E-state index contributed by atoms with van der Waals surface area (Å²) in [7, 11) is 0. The van der Waals surface area contributed by atoms with Gasteiger partial charge in [0.25, 0.3) is 0 Å². The Kier molecular flexibility index (Phi) is 15.8. The fraction of sp³-hybridized carbons (Fsp3) is 0.488. The highest BCUT2D eigenvalue weighted by Crippen LogP contribution is 2.41. The molecule has 0 bridgehead atoms. The lowest BCUT2D eigenvalue weighted by atomic mass is 9.72. The van der Waals surface area contributed by atoms with Crippen LogP contribution >= 0.6 is 0 Å². The number of carbonyl (C=O) groups excluding carboxylic acids is 5. The molecule has 0 unspecified atom stereocenters. The second-order valence-electron chi connectivity index (χ2n) is 13.9. The molecule has 1 heterocycles. The summed E-state index contributed by atoms with van der Waals surface area (Å²) in [5.41, 5.74) is 5.52. The van der Waals surface area contributed by atoms with Gasteiger partial charge in [-0.1, -0.05) is 67.5 Å². The van der Waals surface area contributed by atoms with E-state index in [-0.39, 0.29) is 24.4 Å². The van der Waals surface area contributed by atoms with E-state index in [2.05, 4.69) is 32.9 Å². The summed E-state index contributed by atoms with van der Waals surface area (Å²) < 4.78 is 38.8. The maximum atomic E-state index is 12.5. The molecule has 1 aliphatic carbocycles. The topological polar surface area (TPSA) is 150 Å². The smallest absolute Gasteiger partial charge is 0.331 e. The lowest BCUT2D eigenvalue weighted by Gasteiger charge is -2.43. The predicted octanol–water partition coefficient (Wildman–Crippen LogP) is 6.72. The van der Waals surface area contributed by atoms with E-state index in [1.807, 2.05) is 32.1 Å². The minimum atomic E-state index is -1.37. The number of hydrogen-bond donors (Lipinski definition) is 0. The summed E-state index contributed by atoms with van der Waals surface area (Å²) in [6, 6.07) is 6.49. The number of rotatable bonds is 14. The molecule has 5 atom stereocenters. The normalized spacial score (nSPS) is 23.4. The first kappa shape index (κ1) is 42.4. The van der Waals surface area contributed by atoms with Gasteiger partial charge in [-0.2, -0.15) is 0 Å². The van der Waals surface area contributed by atoms with Crippen molar-refractivity contribution in [1.29, 1.82) is 0 Å². The Morgan fingerprint density at radius 2 is 1.42 bits per heavy atom. The Hall–Kier alpha value is -4.97. The van der Waals surface area contributed by atoms with Crippen LogP contribution in [0.15, 0.2) is 83.0 Å². The van der Waals surface area contributed by atoms with Crippen molar-refractivity contribution in [2.45, 2.75) is 119 Å². The molecule has 53 heavy (non-hydrogen) atoms. The van der Waals surface area contributed by atoms with Crippen LogP contribution in [0.1, 0.15) is 87.1 Å². The van der Waals surface area contributed by atoms with Gasteiger partial charge in [0.15, 0.2) is 12.2 Å². The van der Waals surface area contributed by atoms with Gasteiger partial charge >= 0.3 is 29.8 Å². The van der Waals surface area contributed by atoms with E-state index in [1.165, 1.54) is 37.0 Å². The van der Waals surface area contributed by atoms with E-state index < -0.39 is 60.6 Å². The molecule has 0 aromatic heterocycles. The Bertz CT molecular complexity index is 1640. The second kappa shape index (κ2) is 19.8. The monoisotopic (exact) mass is 736 g/mol. The standard InChI is InChI=1S/C41H52O12/c1-25(15-20-34-27(3)14-11-21-41(34,8)9)12-10-13-26(2)22-36(46)48-23-32-16-18-33(19-17-32)52-40-39(51-31(7)45)38(50-30(6)44)37(49-29(5)43)35(53-40)24-47-28(4)42/h10,12-13,15-20,22,35,37-40H,11,14,21,23-24H2,1-9H3/b13-10+,20-15+,25-12+,26-22-/t35-,37-,38+,39-,40-/m1/s1. The summed E-state index contributed by atoms with van der Waals surface area (Å²) >= 11 is 0. The summed E-state index contributed by atoms with van der Waals surface area (Å²) in [6.07, 6.45) is 8.51. The van der Waals surface area contributed by atoms with Crippen molar-refractivity contribution in [2.24, 2.45) is 5.41 Å². The SMILES string of the molecule is CC(=O)OC[C@H]1O[C@@H](Oc2ccc(COC(=O)\C=C(C)/C=C/C=C(C)/C=C/C3=C(C)CCCC3(C)C)cc2)[C@H](OC(C)=O)[C@@H](OC(C)=O)[C@@H]1OC(C)=O. The first-order valence-corrected chi connectivity index (χ1v) is 17.6. The van der Waals surface area contributed by atoms with Crippen molar-refractivity contribution in [2.75, 3.05) is 6.61 Å². The molecule has 3 rings (SSSR count). The average Bonchev–Trinajstić information content (AvgIpc) is 3.05. The Balaban J connectivity index is 1.65. The number of ether oxygens (including phenoxy) is 7. The largest absolute Gasteiger partial charge is 0.463 e. The van der Waals surface area contributed by atoms with Crippen LogP contribution in [0.3, 0.4) is 0 Å². The molecule has 0 N–H and O–H groups in total. The summed E-state index contributed by atoms with van der Waals surface area (Å²) in [5, 5.41) is 0. The molecule has 1 aromatic rings. The van der Waals surface area contributed by atoms with Crippen molar-refractivity contribution in [3.05, 3.63) is 88.6 Å². The van der Waals surface area contributed by atoms with Gasteiger partial charge in [0.2, 0.25) is 12.4 Å². The van der Waals surface area contributed by atoms with E-state index in [0.29, 0.717) is 5.56 Å². The van der Waals surface area contributed by atoms with Gasteiger partial charge in [-0.15, -0.1) is 0 Å². The van der Waals surface area contributed by atoms with Crippen LogP contribution in [-0.2, 0) is 59.0 Å². The quantitative estimate of drug-likeness (QED) is 0.0863. The first-order valence-electron chi connectivity index (χ1n) is 17.6. The van der Waals surface area contributed by atoms with Crippen molar-refractivity contribution >= 4 is 29.8 Å². The van der Waals surface area contributed by atoms with Crippen molar-refractivity contribution in [1.82, 2.24) is 0 Å². The molecule has 0 saturated carbocycles. The minimum absolute atomic E-state index is 0.0128.